The molecule has 1 heterocycles. The zero-order valence-corrected chi connectivity index (χ0v) is 14.2. The average Bonchev–Trinajstić information content (AvgIpc) is 2.91. The Morgan fingerprint density at radius 3 is 2.52 bits per heavy atom. The topological polar surface area (TPSA) is 24.9 Å². The molecule has 114 valence electrons. The van der Waals surface area contributed by atoms with Gasteiger partial charge in [-0.25, -0.2) is 4.98 Å². The number of hydrogen-bond donors (Lipinski definition) is 1. The van der Waals surface area contributed by atoms with E-state index in [0.717, 1.165) is 10.7 Å². The molecule has 2 aromatic rings. The molecule has 0 radical (unpaired) electrons. The first kappa shape index (κ1) is 16.0. The van der Waals surface area contributed by atoms with Crippen LogP contribution in [0.15, 0.2) is 29.6 Å². The van der Waals surface area contributed by atoms with Crippen molar-refractivity contribution in [2.24, 2.45) is 0 Å². The molecule has 0 bridgehead atoms. The molecule has 0 aliphatic heterocycles. The van der Waals surface area contributed by atoms with E-state index in [-0.39, 0.29) is 0 Å². The molecule has 2 nitrogen and oxygen atoms in total. The first-order chi connectivity index (χ1) is 10.2. The van der Waals surface area contributed by atoms with Gasteiger partial charge >= 0.3 is 0 Å². The Morgan fingerprint density at radius 1 is 1.14 bits per heavy atom. The van der Waals surface area contributed by atoms with Crippen LogP contribution in [0.5, 0.6) is 0 Å². The molecule has 0 spiro atoms. The highest BCUT2D eigenvalue weighted by Crippen LogP contribution is 2.23. The van der Waals surface area contributed by atoms with Crippen LogP contribution in [0.3, 0.4) is 0 Å². The highest BCUT2D eigenvalue weighted by molar-refractivity contribution is 7.09. The summed E-state index contributed by atoms with van der Waals surface area (Å²) >= 11 is 1.70. The maximum atomic E-state index is 4.53. The van der Waals surface area contributed by atoms with E-state index in [9.17, 15) is 0 Å². The number of hydrogen-bond acceptors (Lipinski definition) is 3. The minimum absolute atomic E-state index is 0.536. The number of anilines is 1. The molecule has 0 saturated heterocycles. The van der Waals surface area contributed by atoms with Gasteiger partial charge in [-0.1, -0.05) is 44.7 Å². The second-order valence-corrected chi connectivity index (χ2v) is 6.79. The molecule has 1 unspecified atom stereocenters. The molecular formula is C18H26N2S. The normalized spacial score (nSPS) is 12.3. The van der Waals surface area contributed by atoms with Crippen LogP contribution in [-0.2, 0) is 0 Å². The van der Waals surface area contributed by atoms with E-state index in [2.05, 4.69) is 53.8 Å². The summed E-state index contributed by atoms with van der Waals surface area (Å²) in [4.78, 5) is 4.53. The molecule has 0 aliphatic rings. The first-order valence-corrected chi connectivity index (χ1v) is 8.86. The van der Waals surface area contributed by atoms with E-state index in [1.54, 1.807) is 11.3 Å². The van der Waals surface area contributed by atoms with Crippen molar-refractivity contribution in [3.05, 3.63) is 34.7 Å². The van der Waals surface area contributed by atoms with Crippen molar-refractivity contribution < 1.29 is 0 Å². The number of aromatic nitrogens is 1. The maximum absolute atomic E-state index is 4.53. The Morgan fingerprint density at radius 2 is 1.90 bits per heavy atom. The zero-order chi connectivity index (χ0) is 15.1. The number of rotatable bonds is 8. The average molecular weight is 302 g/mol. The van der Waals surface area contributed by atoms with Crippen LogP contribution in [0.1, 0.15) is 51.0 Å². The van der Waals surface area contributed by atoms with Crippen LogP contribution in [0.2, 0.25) is 0 Å². The van der Waals surface area contributed by atoms with E-state index in [4.69, 9.17) is 0 Å². The van der Waals surface area contributed by atoms with Crippen LogP contribution in [-0.4, -0.2) is 11.0 Å². The molecule has 21 heavy (non-hydrogen) atoms. The minimum Gasteiger partial charge on any atom is -0.383 e. The fraction of sp³-hybridized carbons (Fsp3) is 0.500. The molecule has 0 aliphatic carbocycles. The van der Waals surface area contributed by atoms with Crippen molar-refractivity contribution >= 4 is 17.0 Å². The zero-order valence-electron chi connectivity index (χ0n) is 13.4. The van der Waals surface area contributed by atoms with Crippen molar-refractivity contribution in [1.29, 1.82) is 0 Å². The van der Waals surface area contributed by atoms with Gasteiger partial charge in [-0.05, 0) is 32.4 Å². The van der Waals surface area contributed by atoms with Crippen LogP contribution in [0, 0.1) is 6.92 Å². The number of nitrogens with one attached hydrogen (secondary N) is 1. The molecule has 1 atom stereocenters. The predicted molar refractivity (Wildman–Crippen MR) is 94.1 cm³/mol. The van der Waals surface area contributed by atoms with Gasteiger partial charge in [-0.15, -0.1) is 11.3 Å². The van der Waals surface area contributed by atoms with Crippen molar-refractivity contribution in [2.45, 2.75) is 58.9 Å². The van der Waals surface area contributed by atoms with Gasteiger partial charge in [-0.3, -0.25) is 0 Å². The Bertz CT molecular complexity index is 530. The summed E-state index contributed by atoms with van der Waals surface area (Å²) in [6.07, 6.45) is 6.57. The van der Waals surface area contributed by atoms with E-state index >= 15 is 0 Å². The lowest BCUT2D eigenvalue weighted by Crippen LogP contribution is -2.14. The van der Waals surface area contributed by atoms with Crippen LogP contribution in [0.25, 0.3) is 11.3 Å². The predicted octanol–water partition coefficient (Wildman–Crippen LogP) is 5.89. The smallest absolute Gasteiger partial charge is 0.0901 e. The van der Waals surface area contributed by atoms with Gasteiger partial charge in [-0.2, -0.15) is 0 Å². The molecule has 1 N–H and O–H groups in total. The standard InChI is InChI=1S/C18H26N2S/c1-4-5-6-7-8-14(2)19-17-11-9-16(10-12-17)18-13-21-15(3)20-18/h9-14,19H,4-8H2,1-3H3. The largest absolute Gasteiger partial charge is 0.383 e. The summed E-state index contributed by atoms with van der Waals surface area (Å²) in [5, 5.41) is 6.82. The Balaban J connectivity index is 1.84. The third-order valence-corrected chi connectivity index (χ3v) is 4.48. The third-order valence-electron chi connectivity index (χ3n) is 3.70. The minimum atomic E-state index is 0.536. The monoisotopic (exact) mass is 302 g/mol. The molecule has 1 aromatic heterocycles. The third kappa shape index (κ3) is 5.16. The summed E-state index contributed by atoms with van der Waals surface area (Å²) < 4.78 is 0. The lowest BCUT2D eigenvalue weighted by Gasteiger charge is -2.15. The highest BCUT2D eigenvalue weighted by atomic mass is 32.1. The molecule has 3 heteroatoms. The van der Waals surface area contributed by atoms with Crippen molar-refractivity contribution in [3.8, 4) is 11.3 Å². The van der Waals surface area contributed by atoms with E-state index < -0.39 is 0 Å². The van der Waals surface area contributed by atoms with Crippen molar-refractivity contribution in [3.63, 3.8) is 0 Å². The van der Waals surface area contributed by atoms with E-state index in [1.165, 1.54) is 43.4 Å². The van der Waals surface area contributed by atoms with Gasteiger partial charge in [0.25, 0.3) is 0 Å². The quantitative estimate of drug-likeness (QED) is 0.615. The van der Waals surface area contributed by atoms with Crippen LogP contribution in [0.4, 0.5) is 5.69 Å². The fourth-order valence-electron chi connectivity index (χ4n) is 2.47. The Labute approximate surface area is 132 Å². The number of unbranched alkanes of at least 4 members (excludes halogenated alkanes) is 3. The van der Waals surface area contributed by atoms with E-state index in [0.29, 0.717) is 6.04 Å². The summed E-state index contributed by atoms with van der Waals surface area (Å²) in [5.74, 6) is 0. The summed E-state index contributed by atoms with van der Waals surface area (Å²) in [5.41, 5.74) is 3.48. The maximum Gasteiger partial charge on any atom is 0.0901 e. The lowest BCUT2D eigenvalue weighted by atomic mass is 10.1. The Hall–Kier alpha value is -1.35. The Kier molecular flexibility index (Phi) is 6.24. The highest BCUT2D eigenvalue weighted by Gasteiger charge is 2.04. The number of aryl methyl sites for hydroxylation is 1. The second kappa shape index (κ2) is 8.18. The number of nitrogens with zero attached hydrogens (tertiary/aromatic N) is 1. The van der Waals surface area contributed by atoms with E-state index in [1.807, 2.05) is 6.92 Å². The SMILES string of the molecule is CCCCCCC(C)Nc1ccc(-c2csc(C)n2)cc1. The van der Waals surface area contributed by atoms with Crippen molar-refractivity contribution in [1.82, 2.24) is 4.98 Å². The fourth-order valence-corrected chi connectivity index (χ4v) is 3.09. The molecule has 1 aromatic carbocycles. The van der Waals surface area contributed by atoms with Crippen LogP contribution >= 0.6 is 11.3 Å². The molecule has 2 rings (SSSR count). The molecule has 0 saturated carbocycles. The van der Waals surface area contributed by atoms with Gasteiger partial charge in [0.2, 0.25) is 0 Å². The van der Waals surface area contributed by atoms with Gasteiger partial charge in [0.15, 0.2) is 0 Å². The summed E-state index contributed by atoms with van der Waals surface area (Å²) in [6.45, 7) is 6.57. The summed E-state index contributed by atoms with van der Waals surface area (Å²) in [7, 11) is 0. The lowest BCUT2D eigenvalue weighted by molar-refractivity contribution is 0.594. The van der Waals surface area contributed by atoms with Gasteiger partial charge in [0.05, 0.1) is 10.7 Å². The molecular weight excluding hydrogens is 276 g/mol. The van der Waals surface area contributed by atoms with Crippen LogP contribution < -0.4 is 5.32 Å². The molecule has 0 fully saturated rings. The number of thiazole rings is 1. The summed E-state index contributed by atoms with van der Waals surface area (Å²) in [6, 6.07) is 9.16. The van der Waals surface area contributed by atoms with Gasteiger partial charge in [0.1, 0.15) is 0 Å². The van der Waals surface area contributed by atoms with Gasteiger partial charge < -0.3 is 5.32 Å². The molecule has 0 amide bonds. The second-order valence-electron chi connectivity index (χ2n) is 5.72. The van der Waals surface area contributed by atoms with Gasteiger partial charge in [0, 0.05) is 22.7 Å². The van der Waals surface area contributed by atoms with Crippen molar-refractivity contribution in [2.75, 3.05) is 5.32 Å². The first-order valence-electron chi connectivity index (χ1n) is 7.98. The number of benzene rings is 1.